The van der Waals surface area contributed by atoms with Gasteiger partial charge in [-0.1, -0.05) is 65.8 Å². The Kier molecular flexibility index (Phi) is 3.55. The van der Waals surface area contributed by atoms with E-state index in [1.165, 1.54) is 4.57 Å². The third kappa shape index (κ3) is 2.65. The molecule has 118 valence electrons. The molecule has 0 aliphatic rings. The molecular weight excluding hydrogens is 306 g/mol. The minimum Gasteiger partial charge on any atom is -0.439 e. The van der Waals surface area contributed by atoms with E-state index in [4.69, 9.17) is 8.94 Å². The number of hydrogen-bond donors (Lipinski definition) is 0. The molecule has 24 heavy (non-hydrogen) atoms. The van der Waals surface area contributed by atoms with Crippen LogP contribution in [0, 0.1) is 0 Å². The molecule has 0 aliphatic heterocycles. The van der Waals surface area contributed by atoms with Crippen molar-refractivity contribution < 1.29 is 8.94 Å². The SMILES string of the molecule is O=c1onc(-c2ccccc2)n1Cc1ncc(-c2ccccc2)o1. The van der Waals surface area contributed by atoms with Crippen molar-refractivity contribution >= 4 is 0 Å². The van der Waals surface area contributed by atoms with Gasteiger partial charge < -0.3 is 4.42 Å². The van der Waals surface area contributed by atoms with E-state index in [9.17, 15) is 4.79 Å². The van der Waals surface area contributed by atoms with Crippen molar-refractivity contribution in [1.82, 2.24) is 14.7 Å². The Bertz CT molecular complexity index is 1000. The van der Waals surface area contributed by atoms with Crippen LogP contribution < -0.4 is 5.76 Å². The van der Waals surface area contributed by atoms with Crippen LogP contribution in [0.4, 0.5) is 0 Å². The van der Waals surface area contributed by atoms with Crippen LogP contribution in [-0.2, 0) is 6.54 Å². The third-order valence-corrected chi connectivity index (χ3v) is 3.62. The van der Waals surface area contributed by atoms with Crippen molar-refractivity contribution in [3.63, 3.8) is 0 Å². The van der Waals surface area contributed by atoms with Gasteiger partial charge in [-0.3, -0.25) is 4.52 Å². The first-order valence-corrected chi connectivity index (χ1v) is 7.43. The molecule has 0 unspecified atom stereocenters. The number of benzene rings is 2. The van der Waals surface area contributed by atoms with Crippen molar-refractivity contribution in [2.75, 3.05) is 0 Å². The molecule has 0 spiro atoms. The molecule has 0 aliphatic carbocycles. The van der Waals surface area contributed by atoms with E-state index in [1.54, 1.807) is 6.20 Å². The van der Waals surface area contributed by atoms with Gasteiger partial charge in [0, 0.05) is 11.1 Å². The lowest BCUT2D eigenvalue weighted by molar-refractivity contribution is 0.374. The zero-order valence-corrected chi connectivity index (χ0v) is 12.6. The fourth-order valence-electron chi connectivity index (χ4n) is 2.46. The Labute approximate surface area is 137 Å². The lowest BCUT2D eigenvalue weighted by atomic mass is 10.2. The summed E-state index contributed by atoms with van der Waals surface area (Å²) in [6.07, 6.45) is 1.64. The smallest absolute Gasteiger partial charge is 0.439 e. The monoisotopic (exact) mass is 319 g/mol. The van der Waals surface area contributed by atoms with Gasteiger partial charge in [-0.25, -0.2) is 14.3 Å². The average molecular weight is 319 g/mol. The Morgan fingerprint density at radius 1 is 0.917 bits per heavy atom. The zero-order chi connectivity index (χ0) is 16.4. The maximum atomic E-state index is 12.0. The Morgan fingerprint density at radius 2 is 1.58 bits per heavy atom. The number of aromatic nitrogens is 3. The second-order valence-corrected chi connectivity index (χ2v) is 5.21. The predicted octanol–water partition coefficient (Wildman–Crippen LogP) is 3.21. The van der Waals surface area contributed by atoms with Crippen LogP contribution in [0.1, 0.15) is 5.89 Å². The average Bonchev–Trinajstić information content (AvgIpc) is 3.25. The Balaban J connectivity index is 1.67. The molecule has 0 radical (unpaired) electrons. The summed E-state index contributed by atoms with van der Waals surface area (Å²) in [7, 11) is 0. The lowest BCUT2D eigenvalue weighted by Crippen LogP contribution is -2.16. The van der Waals surface area contributed by atoms with Gasteiger partial charge in [0.15, 0.2) is 11.6 Å². The van der Waals surface area contributed by atoms with E-state index < -0.39 is 5.76 Å². The van der Waals surface area contributed by atoms with E-state index in [2.05, 4.69) is 10.1 Å². The number of hydrogen-bond acceptors (Lipinski definition) is 5. The van der Waals surface area contributed by atoms with Gasteiger partial charge in [-0.05, 0) is 0 Å². The summed E-state index contributed by atoms with van der Waals surface area (Å²) in [6, 6.07) is 19.0. The molecule has 0 bridgehead atoms. The fourth-order valence-corrected chi connectivity index (χ4v) is 2.46. The molecule has 0 N–H and O–H groups in total. The molecule has 4 rings (SSSR count). The highest BCUT2D eigenvalue weighted by atomic mass is 16.5. The van der Waals surface area contributed by atoms with Gasteiger partial charge >= 0.3 is 5.76 Å². The maximum Gasteiger partial charge on any atom is 0.442 e. The standard InChI is InChI=1S/C18H13N3O3/c22-18-21(17(20-24-18)14-9-5-2-6-10-14)12-16-19-11-15(23-16)13-7-3-1-4-8-13/h1-11H,12H2. The molecule has 6 nitrogen and oxygen atoms in total. The minimum atomic E-state index is -0.548. The summed E-state index contributed by atoms with van der Waals surface area (Å²) in [5.41, 5.74) is 1.72. The molecule has 0 amide bonds. The Hall–Kier alpha value is -3.41. The number of nitrogens with zero attached hydrogens (tertiary/aromatic N) is 3. The molecular formula is C18H13N3O3. The fraction of sp³-hybridized carbons (Fsp3) is 0.0556. The van der Waals surface area contributed by atoms with Crippen molar-refractivity contribution in [3.8, 4) is 22.7 Å². The summed E-state index contributed by atoms with van der Waals surface area (Å²) in [5.74, 6) is 0.959. The van der Waals surface area contributed by atoms with Crippen molar-refractivity contribution in [2.45, 2.75) is 6.54 Å². The molecule has 2 heterocycles. The molecule has 2 aromatic heterocycles. The van der Waals surface area contributed by atoms with Crippen LogP contribution in [0.25, 0.3) is 22.7 Å². The van der Waals surface area contributed by atoms with Crippen LogP contribution >= 0.6 is 0 Å². The highest BCUT2D eigenvalue weighted by molar-refractivity contribution is 5.56. The van der Waals surface area contributed by atoms with Crippen molar-refractivity contribution in [2.24, 2.45) is 0 Å². The van der Waals surface area contributed by atoms with Crippen molar-refractivity contribution in [3.05, 3.63) is 83.3 Å². The molecule has 0 saturated heterocycles. The van der Waals surface area contributed by atoms with E-state index >= 15 is 0 Å². The van der Waals surface area contributed by atoms with E-state index in [0.717, 1.165) is 11.1 Å². The van der Waals surface area contributed by atoms with Crippen LogP contribution in [-0.4, -0.2) is 14.7 Å². The summed E-state index contributed by atoms with van der Waals surface area (Å²) < 4.78 is 11.9. The molecule has 0 saturated carbocycles. The van der Waals surface area contributed by atoms with E-state index in [1.807, 2.05) is 60.7 Å². The highest BCUT2D eigenvalue weighted by Gasteiger charge is 2.15. The first kappa shape index (κ1) is 14.2. The molecule has 0 atom stereocenters. The summed E-state index contributed by atoms with van der Waals surface area (Å²) in [5, 5.41) is 3.85. The van der Waals surface area contributed by atoms with Crippen molar-refractivity contribution in [1.29, 1.82) is 0 Å². The van der Waals surface area contributed by atoms with Gasteiger partial charge in [0.25, 0.3) is 0 Å². The van der Waals surface area contributed by atoms with Gasteiger partial charge in [0.2, 0.25) is 5.89 Å². The first-order valence-electron chi connectivity index (χ1n) is 7.43. The number of rotatable bonds is 4. The topological polar surface area (TPSA) is 74.1 Å². The normalized spacial score (nSPS) is 10.8. The quantitative estimate of drug-likeness (QED) is 0.577. The molecule has 6 heteroatoms. The van der Waals surface area contributed by atoms with Gasteiger partial charge in [0.05, 0.1) is 6.20 Å². The van der Waals surface area contributed by atoms with Crippen LogP contribution in [0.5, 0.6) is 0 Å². The van der Waals surface area contributed by atoms with Crippen LogP contribution in [0.3, 0.4) is 0 Å². The predicted molar refractivity (Wildman–Crippen MR) is 87.2 cm³/mol. The molecule has 4 aromatic rings. The maximum absolute atomic E-state index is 12.0. The molecule has 2 aromatic carbocycles. The van der Waals surface area contributed by atoms with E-state index in [-0.39, 0.29) is 6.54 Å². The van der Waals surface area contributed by atoms with Gasteiger partial charge in [0.1, 0.15) is 6.54 Å². The molecule has 0 fully saturated rings. The minimum absolute atomic E-state index is 0.152. The zero-order valence-electron chi connectivity index (χ0n) is 12.6. The third-order valence-electron chi connectivity index (χ3n) is 3.62. The van der Waals surface area contributed by atoms with Gasteiger partial charge in [-0.15, -0.1) is 0 Å². The number of oxazole rings is 1. The van der Waals surface area contributed by atoms with E-state index in [0.29, 0.717) is 17.5 Å². The lowest BCUT2D eigenvalue weighted by Gasteiger charge is -2.01. The van der Waals surface area contributed by atoms with Gasteiger partial charge in [-0.2, -0.15) is 0 Å². The second kappa shape index (κ2) is 6.00. The summed E-state index contributed by atoms with van der Waals surface area (Å²) >= 11 is 0. The highest BCUT2D eigenvalue weighted by Crippen LogP contribution is 2.21. The largest absolute Gasteiger partial charge is 0.442 e. The van der Waals surface area contributed by atoms with Crippen LogP contribution in [0.2, 0.25) is 0 Å². The summed E-state index contributed by atoms with van der Waals surface area (Å²) in [4.78, 5) is 16.2. The summed E-state index contributed by atoms with van der Waals surface area (Å²) in [6.45, 7) is 0.152. The Morgan fingerprint density at radius 3 is 2.29 bits per heavy atom. The first-order chi connectivity index (χ1) is 11.8. The van der Waals surface area contributed by atoms with Crippen LogP contribution in [0.15, 0.2) is 80.6 Å². The second-order valence-electron chi connectivity index (χ2n) is 5.21.